The number of rotatable bonds is 3. The van der Waals surface area contributed by atoms with Gasteiger partial charge in [-0.1, -0.05) is 17.2 Å². The van der Waals surface area contributed by atoms with Gasteiger partial charge in [0.1, 0.15) is 0 Å². The second-order valence-corrected chi connectivity index (χ2v) is 8.11. The quantitative estimate of drug-likeness (QED) is 0.848. The molecule has 0 aromatic heterocycles. The lowest BCUT2D eigenvalue weighted by molar-refractivity contribution is 0.0666. The summed E-state index contributed by atoms with van der Waals surface area (Å²) in [7, 11) is 0. The lowest BCUT2D eigenvalue weighted by Crippen LogP contribution is -2.47. The largest absolute Gasteiger partial charge is 0.334 e. The molecule has 0 saturated carbocycles. The number of hydrogen-bond donors (Lipinski definition) is 0. The number of likely N-dealkylation sites (tertiary alicyclic amines) is 1. The lowest BCUT2D eigenvalue weighted by Gasteiger charge is -2.33. The van der Waals surface area contributed by atoms with Crippen LogP contribution in [0.4, 0.5) is 0 Å². The summed E-state index contributed by atoms with van der Waals surface area (Å²) in [6.07, 6.45) is 3.73. The van der Waals surface area contributed by atoms with E-state index in [1.54, 1.807) is 0 Å². The second kappa shape index (κ2) is 7.71. The highest BCUT2D eigenvalue weighted by molar-refractivity contribution is 7.99. The number of benzene rings is 1. The summed E-state index contributed by atoms with van der Waals surface area (Å²) < 4.78 is 0. The summed E-state index contributed by atoms with van der Waals surface area (Å²) in [4.78, 5) is 17.8. The third-order valence-electron chi connectivity index (χ3n) is 4.84. The van der Waals surface area contributed by atoms with E-state index in [2.05, 4.69) is 29.7 Å². The first-order chi connectivity index (χ1) is 11.1. The first kappa shape index (κ1) is 16.8. The van der Waals surface area contributed by atoms with Gasteiger partial charge in [0, 0.05) is 24.4 Å². The van der Waals surface area contributed by atoms with Gasteiger partial charge in [0.05, 0.1) is 6.04 Å². The molecule has 2 heterocycles. The predicted molar refractivity (Wildman–Crippen MR) is 98.4 cm³/mol. The molecule has 0 radical (unpaired) electrons. The molecule has 1 aromatic rings. The highest BCUT2D eigenvalue weighted by atomic mass is 32.2. The molecule has 2 aliphatic heterocycles. The second-order valence-electron chi connectivity index (χ2n) is 6.96. The standard InChI is InChI=1S/C19H28N2OS/c1-15-10-16(2)12-17(11-15)19(22)21-8-5-9-23-14-18(21)13-20-6-3-4-7-20/h10-12,18H,3-9,13-14H2,1-2H3. The molecule has 1 amide bonds. The van der Waals surface area contributed by atoms with E-state index in [9.17, 15) is 4.79 Å². The van der Waals surface area contributed by atoms with E-state index in [1.165, 1.54) is 42.8 Å². The topological polar surface area (TPSA) is 23.6 Å². The number of aryl methyl sites for hydroxylation is 2. The molecule has 1 aromatic carbocycles. The van der Waals surface area contributed by atoms with Crippen LogP contribution in [0.1, 0.15) is 40.7 Å². The number of nitrogens with zero attached hydrogens (tertiary/aromatic N) is 2. The van der Waals surface area contributed by atoms with Crippen LogP contribution in [-0.4, -0.2) is 59.4 Å². The van der Waals surface area contributed by atoms with Crippen LogP contribution in [0.3, 0.4) is 0 Å². The molecule has 0 spiro atoms. The van der Waals surface area contributed by atoms with Crippen molar-refractivity contribution in [3.05, 3.63) is 34.9 Å². The Kier molecular flexibility index (Phi) is 5.65. The summed E-state index contributed by atoms with van der Waals surface area (Å²) in [6.45, 7) is 8.49. The van der Waals surface area contributed by atoms with Crippen LogP contribution in [0.15, 0.2) is 18.2 Å². The van der Waals surface area contributed by atoms with Gasteiger partial charge in [0.25, 0.3) is 5.91 Å². The van der Waals surface area contributed by atoms with E-state index in [-0.39, 0.29) is 5.91 Å². The summed E-state index contributed by atoms with van der Waals surface area (Å²) in [5.41, 5.74) is 3.21. The third kappa shape index (κ3) is 4.30. The van der Waals surface area contributed by atoms with Crippen LogP contribution in [0.25, 0.3) is 0 Å². The molecule has 1 atom stereocenters. The van der Waals surface area contributed by atoms with Crippen molar-refractivity contribution in [2.45, 2.75) is 39.2 Å². The molecular weight excluding hydrogens is 304 g/mol. The number of hydrogen-bond acceptors (Lipinski definition) is 3. The van der Waals surface area contributed by atoms with E-state index >= 15 is 0 Å². The third-order valence-corrected chi connectivity index (χ3v) is 6.03. The fraction of sp³-hybridized carbons (Fsp3) is 0.632. The Balaban J connectivity index is 1.78. The van der Waals surface area contributed by atoms with Gasteiger partial charge in [-0.2, -0.15) is 11.8 Å². The van der Waals surface area contributed by atoms with Crippen LogP contribution in [-0.2, 0) is 0 Å². The Morgan fingerprint density at radius 2 is 1.78 bits per heavy atom. The molecule has 23 heavy (non-hydrogen) atoms. The minimum absolute atomic E-state index is 0.225. The van der Waals surface area contributed by atoms with E-state index in [4.69, 9.17) is 0 Å². The van der Waals surface area contributed by atoms with Crippen LogP contribution in [0, 0.1) is 13.8 Å². The van der Waals surface area contributed by atoms with Crippen molar-refractivity contribution in [2.24, 2.45) is 0 Å². The van der Waals surface area contributed by atoms with Gasteiger partial charge in [0.2, 0.25) is 0 Å². The van der Waals surface area contributed by atoms with Crippen LogP contribution in [0.2, 0.25) is 0 Å². The molecule has 2 fully saturated rings. The van der Waals surface area contributed by atoms with Crippen LogP contribution < -0.4 is 0 Å². The maximum absolute atomic E-state index is 13.1. The summed E-state index contributed by atoms with van der Waals surface area (Å²) in [5.74, 6) is 2.48. The van der Waals surface area contributed by atoms with Gasteiger partial charge < -0.3 is 9.80 Å². The molecule has 126 valence electrons. The van der Waals surface area contributed by atoms with Gasteiger partial charge in [-0.25, -0.2) is 0 Å². The summed E-state index contributed by atoms with van der Waals surface area (Å²) in [5, 5.41) is 0. The zero-order chi connectivity index (χ0) is 16.2. The Labute approximate surface area is 144 Å². The van der Waals surface area contributed by atoms with E-state index in [1.807, 2.05) is 23.9 Å². The summed E-state index contributed by atoms with van der Waals surface area (Å²) in [6, 6.07) is 6.58. The minimum Gasteiger partial charge on any atom is -0.334 e. The Bertz CT molecular complexity index is 534. The minimum atomic E-state index is 0.225. The molecule has 3 rings (SSSR count). The number of carbonyl (C=O) groups is 1. The molecule has 3 nitrogen and oxygen atoms in total. The summed E-state index contributed by atoms with van der Waals surface area (Å²) >= 11 is 2.01. The zero-order valence-corrected chi connectivity index (χ0v) is 15.2. The van der Waals surface area contributed by atoms with E-state index < -0.39 is 0 Å². The normalized spacial score (nSPS) is 23.0. The smallest absolute Gasteiger partial charge is 0.254 e. The van der Waals surface area contributed by atoms with Gasteiger partial charge in [-0.3, -0.25) is 4.79 Å². The van der Waals surface area contributed by atoms with Crippen LogP contribution >= 0.6 is 11.8 Å². The van der Waals surface area contributed by atoms with Gasteiger partial charge >= 0.3 is 0 Å². The molecule has 0 bridgehead atoms. The number of thioether (sulfide) groups is 1. The molecule has 2 saturated heterocycles. The highest BCUT2D eigenvalue weighted by Gasteiger charge is 2.29. The van der Waals surface area contributed by atoms with E-state index in [0.29, 0.717) is 6.04 Å². The first-order valence-corrected chi connectivity index (χ1v) is 9.98. The molecule has 1 unspecified atom stereocenters. The maximum Gasteiger partial charge on any atom is 0.254 e. The van der Waals surface area contributed by atoms with Gasteiger partial charge in [-0.15, -0.1) is 0 Å². The van der Waals surface area contributed by atoms with Gasteiger partial charge in [-0.05, 0) is 64.1 Å². The van der Waals surface area contributed by atoms with Crippen molar-refractivity contribution in [3.8, 4) is 0 Å². The van der Waals surface area contributed by atoms with Crippen molar-refractivity contribution < 1.29 is 4.79 Å². The lowest BCUT2D eigenvalue weighted by atomic mass is 10.1. The monoisotopic (exact) mass is 332 g/mol. The Morgan fingerprint density at radius 3 is 2.48 bits per heavy atom. The molecular formula is C19H28N2OS. The van der Waals surface area contributed by atoms with Crippen molar-refractivity contribution in [1.29, 1.82) is 0 Å². The zero-order valence-electron chi connectivity index (χ0n) is 14.4. The number of amides is 1. The highest BCUT2D eigenvalue weighted by Crippen LogP contribution is 2.22. The first-order valence-electron chi connectivity index (χ1n) is 8.83. The molecule has 2 aliphatic rings. The Hall–Kier alpha value is -1.00. The SMILES string of the molecule is Cc1cc(C)cc(C(=O)N2CCCSCC2CN2CCCC2)c1. The maximum atomic E-state index is 13.1. The van der Waals surface area contributed by atoms with Crippen molar-refractivity contribution >= 4 is 17.7 Å². The van der Waals surface area contributed by atoms with E-state index in [0.717, 1.165) is 30.8 Å². The average Bonchev–Trinajstić information content (AvgIpc) is 2.91. The van der Waals surface area contributed by atoms with Crippen LogP contribution in [0.5, 0.6) is 0 Å². The Morgan fingerprint density at radius 1 is 1.09 bits per heavy atom. The molecule has 0 N–H and O–H groups in total. The molecule has 4 heteroatoms. The molecule has 0 aliphatic carbocycles. The number of carbonyl (C=O) groups excluding carboxylic acids is 1. The van der Waals surface area contributed by atoms with Crippen molar-refractivity contribution in [2.75, 3.05) is 37.7 Å². The van der Waals surface area contributed by atoms with Crippen molar-refractivity contribution in [3.63, 3.8) is 0 Å². The predicted octanol–water partition coefficient (Wildman–Crippen LogP) is 3.35. The average molecular weight is 333 g/mol. The van der Waals surface area contributed by atoms with Crippen molar-refractivity contribution in [1.82, 2.24) is 9.80 Å². The van der Waals surface area contributed by atoms with Gasteiger partial charge in [0.15, 0.2) is 0 Å². The fourth-order valence-corrected chi connectivity index (χ4v) is 4.83. The fourth-order valence-electron chi connectivity index (χ4n) is 3.77.